The number of likely N-dealkylation sites (tertiary alicyclic amines) is 1. The SMILES string of the molecule is CN(CC1CCCN1C)c1cccnc1/C(N)=N/O. The minimum absolute atomic E-state index is 0.0437. The molecule has 1 aliphatic heterocycles. The van der Waals surface area contributed by atoms with Crippen molar-refractivity contribution in [1.82, 2.24) is 9.88 Å². The summed E-state index contributed by atoms with van der Waals surface area (Å²) in [7, 11) is 4.16. The Bertz CT molecular complexity index is 462. The number of hydrogen-bond donors (Lipinski definition) is 2. The number of nitrogens with zero attached hydrogens (tertiary/aromatic N) is 4. The van der Waals surface area contributed by atoms with E-state index in [-0.39, 0.29) is 5.84 Å². The van der Waals surface area contributed by atoms with Gasteiger partial charge in [0.25, 0.3) is 0 Å². The quantitative estimate of drug-likeness (QED) is 0.362. The van der Waals surface area contributed by atoms with Crippen LogP contribution in [0.5, 0.6) is 0 Å². The summed E-state index contributed by atoms with van der Waals surface area (Å²) in [5, 5.41) is 11.9. The zero-order valence-electron chi connectivity index (χ0n) is 11.5. The number of rotatable bonds is 4. The molecule has 1 atom stereocenters. The summed E-state index contributed by atoms with van der Waals surface area (Å²) in [5.41, 5.74) is 7.08. The third kappa shape index (κ3) is 2.96. The molecule has 1 saturated heterocycles. The van der Waals surface area contributed by atoms with Gasteiger partial charge in [-0.05, 0) is 38.6 Å². The van der Waals surface area contributed by atoms with Crippen molar-refractivity contribution in [3.05, 3.63) is 24.0 Å². The summed E-state index contributed by atoms with van der Waals surface area (Å²) < 4.78 is 0. The summed E-state index contributed by atoms with van der Waals surface area (Å²) in [5.74, 6) is 0.0437. The van der Waals surface area contributed by atoms with Gasteiger partial charge in [-0.15, -0.1) is 0 Å². The molecule has 1 aromatic rings. The monoisotopic (exact) mass is 263 g/mol. The summed E-state index contributed by atoms with van der Waals surface area (Å²) >= 11 is 0. The van der Waals surface area contributed by atoms with Crippen LogP contribution < -0.4 is 10.6 Å². The number of hydrogen-bond acceptors (Lipinski definition) is 5. The van der Waals surface area contributed by atoms with Crippen molar-refractivity contribution >= 4 is 11.5 Å². The van der Waals surface area contributed by atoms with E-state index in [1.54, 1.807) is 6.20 Å². The van der Waals surface area contributed by atoms with Crippen LogP contribution >= 0.6 is 0 Å². The number of pyridine rings is 1. The highest BCUT2D eigenvalue weighted by molar-refractivity contribution is 6.00. The molecule has 0 radical (unpaired) electrons. The van der Waals surface area contributed by atoms with Crippen LogP contribution in [-0.4, -0.2) is 54.2 Å². The fourth-order valence-corrected chi connectivity index (χ4v) is 2.57. The van der Waals surface area contributed by atoms with E-state index in [0.717, 1.165) is 18.8 Å². The molecule has 0 aromatic carbocycles. The smallest absolute Gasteiger partial charge is 0.190 e. The summed E-state index contributed by atoms with van der Waals surface area (Å²) in [4.78, 5) is 8.68. The topological polar surface area (TPSA) is 78.0 Å². The first kappa shape index (κ1) is 13.6. The Labute approximate surface area is 113 Å². The number of nitrogens with two attached hydrogens (primary N) is 1. The van der Waals surface area contributed by atoms with E-state index in [2.05, 4.69) is 27.0 Å². The molecular weight excluding hydrogens is 242 g/mol. The minimum atomic E-state index is 0.0437. The van der Waals surface area contributed by atoms with E-state index in [4.69, 9.17) is 10.9 Å². The van der Waals surface area contributed by atoms with Crippen LogP contribution in [0.1, 0.15) is 18.5 Å². The fraction of sp³-hybridized carbons (Fsp3) is 0.538. The van der Waals surface area contributed by atoms with E-state index < -0.39 is 0 Å². The minimum Gasteiger partial charge on any atom is -0.409 e. The normalized spacial score (nSPS) is 20.7. The van der Waals surface area contributed by atoms with Gasteiger partial charge < -0.3 is 20.7 Å². The van der Waals surface area contributed by atoms with E-state index in [0.29, 0.717) is 11.7 Å². The number of amidine groups is 1. The molecule has 2 rings (SSSR count). The van der Waals surface area contributed by atoms with Gasteiger partial charge in [0.2, 0.25) is 0 Å². The maximum absolute atomic E-state index is 8.82. The number of aromatic nitrogens is 1. The highest BCUT2D eigenvalue weighted by atomic mass is 16.4. The zero-order valence-corrected chi connectivity index (χ0v) is 11.5. The molecule has 0 bridgehead atoms. The van der Waals surface area contributed by atoms with Gasteiger partial charge in [-0.2, -0.15) is 0 Å². The molecule has 0 spiro atoms. The van der Waals surface area contributed by atoms with Crippen LogP contribution in [0.25, 0.3) is 0 Å². The second kappa shape index (κ2) is 5.88. The average molecular weight is 263 g/mol. The summed E-state index contributed by atoms with van der Waals surface area (Å²) in [6, 6.07) is 4.35. The van der Waals surface area contributed by atoms with Crippen LogP contribution in [0.3, 0.4) is 0 Å². The maximum Gasteiger partial charge on any atom is 0.190 e. The van der Waals surface area contributed by atoms with Crippen LogP contribution in [0, 0.1) is 0 Å². The van der Waals surface area contributed by atoms with Crippen LogP contribution in [0.4, 0.5) is 5.69 Å². The molecule has 1 aromatic heterocycles. The predicted octanol–water partition coefficient (Wildman–Crippen LogP) is 0.707. The Morgan fingerprint density at radius 2 is 2.47 bits per heavy atom. The first-order valence-electron chi connectivity index (χ1n) is 6.47. The lowest BCUT2D eigenvalue weighted by atomic mass is 10.2. The van der Waals surface area contributed by atoms with Crippen molar-refractivity contribution in [3.8, 4) is 0 Å². The van der Waals surface area contributed by atoms with Gasteiger partial charge in [0, 0.05) is 25.8 Å². The van der Waals surface area contributed by atoms with Crippen molar-refractivity contribution in [2.75, 3.05) is 32.1 Å². The van der Waals surface area contributed by atoms with E-state index >= 15 is 0 Å². The molecule has 0 saturated carbocycles. The number of anilines is 1. The Hall–Kier alpha value is -1.82. The fourth-order valence-electron chi connectivity index (χ4n) is 2.57. The van der Waals surface area contributed by atoms with Crippen molar-refractivity contribution in [1.29, 1.82) is 0 Å². The van der Waals surface area contributed by atoms with Gasteiger partial charge in [0.1, 0.15) is 5.69 Å². The van der Waals surface area contributed by atoms with Gasteiger partial charge in [0.05, 0.1) is 5.69 Å². The highest BCUT2D eigenvalue weighted by Gasteiger charge is 2.23. The Morgan fingerprint density at radius 3 is 3.11 bits per heavy atom. The second-order valence-electron chi connectivity index (χ2n) is 5.01. The lowest BCUT2D eigenvalue weighted by Crippen LogP contribution is -2.37. The van der Waals surface area contributed by atoms with Crippen molar-refractivity contribution in [2.45, 2.75) is 18.9 Å². The van der Waals surface area contributed by atoms with Crippen LogP contribution in [0.2, 0.25) is 0 Å². The molecule has 1 aliphatic rings. The average Bonchev–Trinajstić information content (AvgIpc) is 2.83. The van der Waals surface area contributed by atoms with E-state index in [1.807, 2.05) is 19.2 Å². The molecule has 2 heterocycles. The van der Waals surface area contributed by atoms with Gasteiger partial charge in [-0.3, -0.25) is 4.98 Å². The highest BCUT2D eigenvalue weighted by Crippen LogP contribution is 2.21. The van der Waals surface area contributed by atoms with Crippen molar-refractivity contribution in [2.24, 2.45) is 10.9 Å². The molecule has 104 valence electrons. The third-order valence-electron chi connectivity index (χ3n) is 3.70. The predicted molar refractivity (Wildman–Crippen MR) is 75.7 cm³/mol. The molecule has 0 aliphatic carbocycles. The molecule has 3 N–H and O–H groups in total. The maximum atomic E-state index is 8.82. The number of oxime groups is 1. The first-order valence-corrected chi connectivity index (χ1v) is 6.47. The zero-order chi connectivity index (χ0) is 13.8. The lowest BCUT2D eigenvalue weighted by molar-refractivity contribution is 0.314. The largest absolute Gasteiger partial charge is 0.409 e. The van der Waals surface area contributed by atoms with Crippen molar-refractivity contribution < 1.29 is 5.21 Å². The molecule has 1 fully saturated rings. The molecule has 6 heteroatoms. The first-order chi connectivity index (χ1) is 9.13. The van der Waals surface area contributed by atoms with Gasteiger partial charge in [0.15, 0.2) is 5.84 Å². The van der Waals surface area contributed by atoms with E-state index in [1.165, 1.54) is 12.8 Å². The molecule has 0 amide bonds. The van der Waals surface area contributed by atoms with Gasteiger partial charge in [-0.25, -0.2) is 0 Å². The summed E-state index contributed by atoms with van der Waals surface area (Å²) in [6.45, 7) is 2.06. The molecule has 1 unspecified atom stereocenters. The van der Waals surface area contributed by atoms with E-state index in [9.17, 15) is 0 Å². The Kier molecular flexibility index (Phi) is 4.21. The lowest BCUT2D eigenvalue weighted by Gasteiger charge is -2.28. The second-order valence-corrected chi connectivity index (χ2v) is 5.01. The third-order valence-corrected chi connectivity index (χ3v) is 3.70. The van der Waals surface area contributed by atoms with Gasteiger partial charge >= 0.3 is 0 Å². The Morgan fingerprint density at radius 1 is 1.68 bits per heavy atom. The van der Waals surface area contributed by atoms with Crippen LogP contribution in [-0.2, 0) is 0 Å². The summed E-state index contributed by atoms with van der Waals surface area (Å²) in [6.07, 6.45) is 4.10. The molecular formula is C13H21N5O. The Balaban J connectivity index is 2.16. The van der Waals surface area contributed by atoms with Crippen LogP contribution in [0.15, 0.2) is 23.5 Å². The van der Waals surface area contributed by atoms with Crippen molar-refractivity contribution in [3.63, 3.8) is 0 Å². The number of likely N-dealkylation sites (N-methyl/N-ethyl adjacent to an activating group) is 2. The molecule has 6 nitrogen and oxygen atoms in total. The standard InChI is InChI=1S/C13H21N5O/c1-17-8-4-5-10(17)9-18(2)11-6-3-7-15-12(11)13(14)16-19/h3,6-7,10,19H,4-5,8-9H2,1-2H3,(H2,14,16). The molecule has 19 heavy (non-hydrogen) atoms. The van der Waals surface area contributed by atoms with Gasteiger partial charge in [-0.1, -0.05) is 5.16 Å².